The Morgan fingerprint density at radius 1 is 0.605 bits per heavy atom. The summed E-state index contributed by atoms with van der Waals surface area (Å²) in [6.45, 7) is 0. The molecule has 4 aromatic rings. The summed E-state index contributed by atoms with van der Waals surface area (Å²) in [5, 5.41) is 28.2. The van der Waals surface area contributed by atoms with Crippen LogP contribution in [0.3, 0.4) is 0 Å². The summed E-state index contributed by atoms with van der Waals surface area (Å²) in [5.41, 5.74) is 9.30. The monoisotopic (exact) mass is 584 g/mol. The van der Waals surface area contributed by atoms with Crippen molar-refractivity contribution in [3.63, 3.8) is 0 Å². The van der Waals surface area contributed by atoms with Crippen molar-refractivity contribution in [2.75, 3.05) is 11.5 Å². The average Bonchev–Trinajstić information content (AvgIpc) is 2.78. The van der Waals surface area contributed by atoms with Crippen LogP contribution in [-0.4, -0.2) is 49.1 Å². The van der Waals surface area contributed by atoms with Crippen molar-refractivity contribution in [2.24, 2.45) is 10.2 Å². The molecular weight excluding hydrogens is 568 g/mol. The summed E-state index contributed by atoms with van der Waals surface area (Å²) in [4.78, 5) is -2.47. The Morgan fingerprint density at radius 3 is 1.71 bits per heavy atom. The lowest BCUT2D eigenvalue weighted by atomic mass is 10.1. The van der Waals surface area contributed by atoms with E-state index in [9.17, 15) is 49.1 Å². The topological polar surface area (TPSA) is 280 Å². The second-order valence-corrected chi connectivity index (χ2v) is 12.0. The van der Waals surface area contributed by atoms with Crippen LogP contribution >= 0.6 is 0 Å². The summed E-state index contributed by atoms with van der Waals surface area (Å²) in [7, 11) is -14.6. The molecule has 0 saturated carbocycles. The van der Waals surface area contributed by atoms with Crippen LogP contribution < -0.4 is 11.5 Å². The third-order valence-electron chi connectivity index (χ3n) is 5.38. The molecule has 0 spiro atoms. The van der Waals surface area contributed by atoms with Gasteiger partial charge in [-0.3, -0.25) is 13.7 Å². The lowest BCUT2D eigenvalue weighted by Crippen LogP contribution is -2.04. The van der Waals surface area contributed by atoms with Crippen molar-refractivity contribution < 1.29 is 49.1 Å². The van der Waals surface area contributed by atoms with Crippen LogP contribution in [0.5, 0.6) is 11.5 Å². The van der Waals surface area contributed by atoms with Gasteiger partial charge in [0, 0.05) is 10.8 Å². The highest BCUT2D eigenvalue weighted by atomic mass is 32.2. The minimum absolute atomic E-state index is 0.0189. The van der Waals surface area contributed by atoms with Gasteiger partial charge in [0.05, 0.1) is 17.1 Å². The maximum absolute atomic E-state index is 12.0. The van der Waals surface area contributed by atoms with E-state index in [0.29, 0.717) is 0 Å². The first-order valence-corrected chi connectivity index (χ1v) is 14.2. The molecule has 38 heavy (non-hydrogen) atoms. The van der Waals surface area contributed by atoms with Crippen molar-refractivity contribution >= 4 is 74.6 Å². The van der Waals surface area contributed by atoms with Gasteiger partial charge in [0.1, 0.15) is 26.1 Å². The number of hydrogen-bond donors (Lipinski definition) is 7. The van der Waals surface area contributed by atoms with Crippen LogP contribution in [0.4, 0.5) is 22.7 Å². The predicted molar refractivity (Wildman–Crippen MR) is 134 cm³/mol. The summed E-state index contributed by atoms with van der Waals surface area (Å²) < 4.78 is 98.4. The van der Waals surface area contributed by atoms with E-state index in [0.717, 1.165) is 24.3 Å². The summed E-state index contributed by atoms with van der Waals surface area (Å²) in [6.07, 6.45) is 0. The molecule has 9 N–H and O–H groups in total. The number of benzene rings is 4. The normalized spacial score (nSPS) is 13.0. The lowest BCUT2D eigenvalue weighted by Gasteiger charge is -2.11. The largest absolute Gasteiger partial charge is 0.505 e. The molecule has 0 aliphatic rings. The maximum atomic E-state index is 12.0. The van der Waals surface area contributed by atoms with Crippen molar-refractivity contribution in [1.29, 1.82) is 0 Å². The third-order valence-corrected chi connectivity index (χ3v) is 8.05. The van der Waals surface area contributed by atoms with Gasteiger partial charge in [0.25, 0.3) is 30.4 Å². The Balaban J connectivity index is 1.92. The highest BCUT2D eigenvalue weighted by Gasteiger charge is 2.25. The van der Waals surface area contributed by atoms with E-state index in [1.807, 2.05) is 0 Å². The van der Waals surface area contributed by atoms with Crippen LogP contribution in [0.25, 0.3) is 21.5 Å². The Labute approximate surface area is 213 Å². The number of rotatable bonds is 5. The number of hydrogen-bond acceptors (Lipinski definition) is 12. The van der Waals surface area contributed by atoms with E-state index in [2.05, 4.69) is 10.2 Å². The Morgan fingerprint density at radius 2 is 1.13 bits per heavy atom. The van der Waals surface area contributed by atoms with E-state index in [1.165, 1.54) is 18.2 Å². The minimum Gasteiger partial charge on any atom is -0.505 e. The van der Waals surface area contributed by atoms with Gasteiger partial charge < -0.3 is 21.7 Å². The molecule has 4 rings (SSSR count). The molecule has 0 aliphatic heterocycles. The number of nitrogens with zero attached hydrogens (tertiary/aromatic N) is 2. The molecule has 0 fully saturated rings. The lowest BCUT2D eigenvalue weighted by molar-refractivity contribution is 0.472. The van der Waals surface area contributed by atoms with E-state index >= 15 is 0 Å². The van der Waals surface area contributed by atoms with Gasteiger partial charge in [-0.15, -0.1) is 5.11 Å². The molecule has 0 radical (unpaired) electrons. The zero-order chi connectivity index (χ0) is 28.4. The molecule has 0 aliphatic carbocycles. The molecule has 15 nitrogen and oxygen atoms in total. The molecule has 0 unspecified atom stereocenters. The van der Waals surface area contributed by atoms with Gasteiger partial charge in [-0.25, -0.2) is 0 Å². The first kappa shape index (κ1) is 27.0. The van der Waals surface area contributed by atoms with Crippen molar-refractivity contribution in [3.8, 4) is 11.5 Å². The zero-order valence-electron chi connectivity index (χ0n) is 18.5. The molecule has 200 valence electrons. The first-order chi connectivity index (χ1) is 17.4. The highest BCUT2D eigenvalue weighted by molar-refractivity contribution is 7.86. The molecule has 0 atom stereocenters. The predicted octanol–water partition coefficient (Wildman–Crippen LogP) is 2.72. The summed E-state index contributed by atoms with van der Waals surface area (Å²) in [5.74, 6) is -1.57. The average molecular weight is 585 g/mol. The number of phenolic OH excluding ortho intramolecular Hbond substituents is 2. The quantitative estimate of drug-likeness (QED) is 0.0769. The highest BCUT2D eigenvalue weighted by Crippen LogP contribution is 2.44. The molecule has 0 bridgehead atoms. The van der Waals surface area contributed by atoms with Crippen LogP contribution in [-0.2, 0) is 30.4 Å². The van der Waals surface area contributed by atoms with Crippen LogP contribution in [0.2, 0.25) is 0 Å². The number of aromatic hydroxyl groups is 2. The van der Waals surface area contributed by atoms with Crippen molar-refractivity contribution in [1.82, 2.24) is 0 Å². The number of azo groups is 1. The Kier molecular flexibility index (Phi) is 6.21. The van der Waals surface area contributed by atoms with E-state index < -0.39 is 73.6 Å². The fourth-order valence-corrected chi connectivity index (χ4v) is 5.59. The fraction of sp³-hybridized carbons (Fsp3) is 0. The number of fused-ring (bicyclic) bond motifs is 2. The SMILES string of the molecule is Nc1cc2c(O)c(N=Nc3ccc4cc(S(=O)(=O)O)c(N)c(O)c4c3)c(S(=O)(=O)O)cc2cc1S(=O)(=O)O. The number of anilines is 2. The number of nitrogen functional groups attached to an aromatic ring is 2. The second-order valence-electron chi connectivity index (χ2n) is 7.85. The molecular formula is C20H16N4O11S3. The van der Waals surface area contributed by atoms with Crippen LogP contribution in [0, 0.1) is 0 Å². The van der Waals surface area contributed by atoms with Crippen LogP contribution in [0.15, 0.2) is 67.4 Å². The summed E-state index contributed by atoms with van der Waals surface area (Å²) in [6, 6.07) is 7.21. The number of phenols is 2. The van der Waals surface area contributed by atoms with Gasteiger partial charge in [0.15, 0.2) is 5.75 Å². The van der Waals surface area contributed by atoms with Gasteiger partial charge in [-0.2, -0.15) is 30.4 Å². The van der Waals surface area contributed by atoms with E-state index in [1.54, 1.807) is 0 Å². The van der Waals surface area contributed by atoms with E-state index in [-0.39, 0.29) is 27.2 Å². The van der Waals surface area contributed by atoms with Gasteiger partial charge in [-0.05, 0) is 47.2 Å². The summed E-state index contributed by atoms with van der Waals surface area (Å²) >= 11 is 0. The second kappa shape index (κ2) is 8.75. The van der Waals surface area contributed by atoms with E-state index in [4.69, 9.17) is 11.5 Å². The van der Waals surface area contributed by atoms with Gasteiger partial charge in [0.2, 0.25) is 0 Å². The number of nitrogens with two attached hydrogens (primary N) is 2. The molecule has 0 heterocycles. The third kappa shape index (κ3) is 4.78. The first-order valence-electron chi connectivity index (χ1n) is 9.88. The fourth-order valence-electron chi connectivity index (χ4n) is 3.65. The zero-order valence-corrected chi connectivity index (χ0v) is 21.0. The molecule has 18 heteroatoms. The smallest absolute Gasteiger partial charge is 0.296 e. The molecule has 4 aromatic carbocycles. The molecule has 0 amide bonds. The van der Waals surface area contributed by atoms with Gasteiger partial charge >= 0.3 is 0 Å². The molecule has 0 saturated heterocycles. The van der Waals surface area contributed by atoms with Crippen LogP contribution in [0.1, 0.15) is 0 Å². The van der Waals surface area contributed by atoms with Crippen molar-refractivity contribution in [2.45, 2.75) is 14.7 Å². The Hall–Kier alpha value is -4.07. The standard InChI is InChI=1S/C20H16N4O11S3/c21-13-7-12-9(4-14(13)36(27,28)29)5-16(38(33,34)35)18(20(12)26)24-23-10-2-1-8-3-15(37(30,31)32)17(22)19(25)11(8)6-10/h1-7,25-26H,21-22H2,(H,27,28,29)(H,30,31,32)(H,33,34,35). The van der Waals surface area contributed by atoms with Gasteiger partial charge in [-0.1, -0.05) is 6.07 Å². The minimum atomic E-state index is -5.07. The molecule has 0 aromatic heterocycles. The maximum Gasteiger partial charge on any atom is 0.296 e. The van der Waals surface area contributed by atoms with Crippen molar-refractivity contribution in [3.05, 3.63) is 42.5 Å². The Bertz CT molecular complexity index is 2040.